The van der Waals surface area contributed by atoms with E-state index in [0.717, 1.165) is 0 Å². The summed E-state index contributed by atoms with van der Waals surface area (Å²) in [5, 5.41) is 16.8. The smallest absolute Gasteiger partial charge is 0.251 e. The normalized spacial score (nSPS) is 10.7. The van der Waals surface area contributed by atoms with Crippen LogP contribution in [0.4, 0.5) is 0 Å². The van der Waals surface area contributed by atoms with Crippen LogP contribution in [0.2, 0.25) is 10.0 Å². The first-order valence-corrected chi connectivity index (χ1v) is 9.48. The second-order valence-electron chi connectivity index (χ2n) is 5.48. The molecule has 0 saturated heterocycles. The molecule has 0 aliphatic heterocycles. The Bertz CT molecular complexity index is 922. The first-order valence-electron chi connectivity index (χ1n) is 7.93. The lowest BCUT2D eigenvalue weighted by atomic mass is 10.2. The van der Waals surface area contributed by atoms with Gasteiger partial charge >= 0.3 is 0 Å². The van der Waals surface area contributed by atoms with E-state index < -0.39 is 0 Å². The molecule has 2 aromatic carbocycles. The number of hydrogen-bond acceptors (Lipinski definition) is 5. The molecule has 0 fully saturated rings. The van der Waals surface area contributed by atoms with Crippen molar-refractivity contribution >= 4 is 57.2 Å². The average molecular weight is 489 g/mol. The second-order valence-corrected chi connectivity index (χ2v) is 7.15. The highest BCUT2D eigenvalue weighted by Crippen LogP contribution is 2.34. The van der Waals surface area contributed by atoms with E-state index in [1.807, 2.05) is 0 Å². The van der Waals surface area contributed by atoms with Gasteiger partial charge < -0.3 is 15.2 Å². The van der Waals surface area contributed by atoms with Crippen LogP contribution in [-0.2, 0) is 4.79 Å². The number of phenols is 1. The quantitative estimate of drug-likeness (QED) is 0.408. The van der Waals surface area contributed by atoms with E-state index in [1.165, 1.54) is 31.5 Å². The van der Waals surface area contributed by atoms with Crippen LogP contribution in [0.5, 0.6) is 11.5 Å². The van der Waals surface area contributed by atoms with Crippen molar-refractivity contribution in [2.45, 2.75) is 6.42 Å². The van der Waals surface area contributed by atoms with E-state index in [9.17, 15) is 14.7 Å². The number of aromatic hydroxyl groups is 1. The number of nitrogens with zero attached hydrogens (tertiary/aromatic N) is 1. The Morgan fingerprint density at radius 2 is 2.00 bits per heavy atom. The van der Waals surface area contributed by atoms with Gasteiger partial charge in [0, 0.05) is 18.5 Å². The molecule has 2 rings (SSSR count). The summed E-state index contributed by atoms with van der Waals surface area (Å²) in [5.41, 5.74) is 3.31. The lowest BCUT2D eigenvalue weighted by molar-refractivity contribution is -0.120. The molecule has 0 heterocycles. The fraction of sp³-hybridized carbons (Fsp3) is 0.167. The third kappa shape index (κ3) is 6.12. The number of phenolic OH excluding ortho intramolecular Hbond substituents is 1. The summed E-state index contributed by atoms with van der Waals surface area (Å²) in [6, 6.07) is 7.70. The van der Waals surface area contributed by atoms with E-state index in [0.29, 0.717) is 20.6 Å². The minimum absolute atomic E-state index is 0.0265. The van der Waals surface area contributed by atoms with Gasteiger partial charge in [0.15, 0.2) is 11.5 Å². The molecular formula is C18H16BrCl2N3O4. The van der Waals surface area contributed by atoms with Gasteiger partial charge in [-0.3, -0.25) is 9.59 Å². The number of ether oxygens (including phenoxy) is 1. The molecule has 2 amide bonds. The van der Waals surface area contributed by atoms with Gasteiger partial charge in [-0.05, 0) is 51.8 Å². The van der Waals surface area contributed by atoms with Crippen molar-refractivity contribution in [2.75, 3.05) is 13.7 Å². The van der Waals surface area contributed by atoms with Crippen LogP contribution >= 0.6 is 39.1 Å². The van der Waals surface area contributed by atoms with Gasteiger partial charge in [0.25, 0.3) is 5.91 Å². The van der Waals surface area contributed by atoms with Crippen molar-refractivity contribution in [3.05, 3.63) is 56.0 Å². The molecule has 148 valence electrons. The predicted molar refractivity (Wildman–Crippen MR) is 112 cm³/mol. The predicted octanol–water partition coefficient (Wildman–Crippen LogP) is 3.74. The highest BCUT2D eigenvalue weighted by atomic mass is 79.9. The Hall–Kier alpha value is -2.29. The molecule has 0 spiro atoms. The molecule has 2 aromatic rings. The topological polar surface area (TPSA) is 100 Å². The van der Waals surface area contributed by atoms with Crippen LogP contribution in [0.3, 0.4) is 0 Å². The van der Waals surface area contributed by atoms with Gasteiger partial charge in [0.05, 0.1) is 27.8 Å². The van der Waals surface area contributed by atoms with Crippen molar-refractivity contribution in [2.24, 2.45) is 5.10 Å². The van der Waals surface area contributed by atoms with Crippen LogP contribution in [0, 0.1) is 0 Å². The van der Waals surface area contributed by atoms with Gasteiger partial charge in [-0.15, -0.1) is 0 Å². The summed E-state index contributed by atoms with van der Waals surface area (Å²) in [5.74, 6) is -0.500. The molecule has 0 saturated carbocycles. The maximum Gasteiger partial charge on any atom is 0.251 e. The molecule has 0 unspecified atom stereocenters. The summed E-state index contributed by atoms with van der Waals surface area (Å²) < 4.78 is 5.47. The van der Waals surface area contributed by atoms with Crippen LogP contribution in [0.25, 0.3) is 0 Å². The van der Waals surface area contributed by atoms with Crippen molar-refractivity contribution in [3.63, 3.8) is 0 Å². The van der Waals surface area contributed by atoms with Gasteiger partial charge in [0.2, 0.25) is 5.91 Å². The maximum atomic E-state index is 12.0. The third-order valence-electron chi connectivity index (χ3n) is 3.49. The first kappa shape index (κ1) is 22.0. The highest BCUT2D eigenvalue weighted by molar-refractivity contribution is 9.10. The molecule has 28 heavy (non-hydrogen) atoms. The number of carbonyl (C=O) groups is 2. The molecular weight excluding hydrogens is 473 g/mol. The number of amides is 2. The molecule has 3 N–H and O–H groups in total. The number of carbonyl (C=O) groups excluding carboxylic acids is 2. The summed E-state index contributed by atoms with van der Waals surface area (Å²) in [4.78, 5) is 23.8. The van der Waals surface area contributed by atoms with E-state index in [2.05, 4.69) is 31.8 Å². The maximum absolute atomic E-state index is 12.0. The zero-order valence-electron chi connectivity index (χ0n) is 14.6. The average Bonchev–Trinajstić information content (AvgIpc) is 2.66. The lowest BCUT2D eigenvalue weighted by Crippen LogP contribution is -2.29. The summed E-state index contributed by atoms with van der Waals surface area (Å²) in [7, 11) is 1.43. The van der Waals surface area contributed by atoms with Crippen molar-refractivity contribution in [3.8, 4) is 11.5 Å². The van der Waals surface area contributed by atoms with E-state index in [-0.39, 0.29) is 41.3 Å². The zero-order valence-corrected chi connectivity index (χ0v) is 17.7. The summed E-state index contributed by atoms with van der Waals surface area (Å²) in [6.07, 6.45) is 1.44. The molecule has 0 aromatic heterocycles. The van der Waals surface area contributed by atoms with E-state index >= 15 is 0 Å². The van der Waals surface area contributed by atoms with Crippen LogP contribution in [-0.4, -0.2) is 36.8 Å². The highest BCUT2D eigenvalue weighted by Gasteiger charge is 2.09. The third-order valence-corrected chi connectivity index (χ3v) is 4.84. The Kier molecular flexibility index (Phi) is 8.10. The number of methoxy groups -OCH3 is 1. The zero-order chi connectivity index (χ0) is 20.7. The molecule has 0 aliphatic rings. The fourth-order valence-corrected chi connectivity index (χ4v) is 2.85. The SMILES string of the molecule is COc1cc(C=NNC(=O)CCNC(=O)c2ccc(Cl)c(Cl)c2)cc(Br)c1O. The molecule has 0 aliphatic carbocycles. The van der Waals surface area contributed by atoms with Crippen LogP contribution in [0.1, 0.15) is 22.3 Å². The van der Waals surface area contributed by atoms with Crippen molar-refractivity contribution in [1.29, 1.82) is 0 Å². The van der Waals surface area contributed by atoms with Gasteiger partial charge in [-0.25, -0.2) is 5.43 Å². The number of rotatable bonds is 7. The minimum atomic E-state index is -0.379. The molecule has 0 atom stereocenters. The van der Waals surface area contributed by atoms with Crippen molar-refractivity contribution in [1.82, 2.24) is 10.7 Å². The molecule has 0 bridgehead atoms. The Balaban J connectivity index is 1.81. The Labute approximate surface area is 179 Å². The van der Waals surface area contributed by atoms with E-state index in [4.69, 9.17) is 27.9 Å². The fourth-order valence-electron chi connectivity index (χ4n) is 2.09. The Morgan fingerprint density at radius 1 is 1.25 bits per heavy atom. The van der Waals surface area contributed by atoms with E-state index in [1.54, 1.807) is 12.1 Å². The number of halogens is 3. The lowest BCUT2D eigenvalue weighted by Gasteiger charge is -2.07. The van der Waals surface area contributed by atoms with Crippen molar-refractivity contribution < 1.29 is 19.4 Å². The molecule has 10 heteroatoms. The second kappa shape index (κ2) is 10.3. The first-order chi connectivity index (χ1) is 13.3. The number of benzene rings is 2. The number of nitrogens with one attached hydrogen (secondary N) is 2. The number of hydrogen-bond donors (Lipinski definition) is 3. The molecule has 7 nitrogen and oxygen atoms in total. The largest absolute Gasteiger partial charge is 0.503 e. The Morgan fingerprint density at radius 3 is 2.68 bits per heavy atom. The van der Waals surface area contributed by atoms with Crippen LogP contribution < -0.4 is 15.5 Å². The van der Waals surface area contributed by atoms with Gasteiger partial charge in [-0.1, -0.05) is 23.2 Å². The van der Waals surface area contributed by atoms with Crippen LogP contribution in [0.15, 0.2) is 39.9 Å². The summed E-state index contributed by atoms with van der Waals surface area (Å²) >= 11 is 14.9. The molecule has 0 radical (unpaired) electrons. The number of hydrazone groups is 1. The minimum Gasteiger partial charge on any atom is -0.503 e. The van der Waals surface area contributed by atoms with Gasteiger partial charge in [-0.2, -0.15) is 5.10 Å². The summed E-state index contributed by atoms with van der Waals surface area (Å²) in [6.45, 7) is 0.124. The standard InChI is InChI=1S/C18H16BrCl2N3O4/c1-28-15-7-10(6-12(19)17(15)26)9-23-24-16(25)4-5-22-18(27)11-2-3-13(20)14(21)8-11/h2-3,6-9,26H,4-5H2,1H3,(H,22,27)(H,24,25). The monoisotopic (exact) mass is 487 g/mol. The van der Waals surface area contributed by atoms with Gasteiger partial charge in [0.1, 0.15) is 0 Å².